The van der Waals surface area contributed by atoms with Crippen molar-refractivity contribution in [1.82, 2.24) is 9.97 Å². The Bertz CT molecular complexity index is 327. The largest absolute Gasteiger partial charge is 2.00 e. The van der Waals surface area contributed by atoms with Crippen LogP contribution in [-0.2, 0) is 31.2 Å². The molecule has 13 heavy (non-hydrogen) atoms. The summed E-state index contributed by atoms with van der Waals surface area (Å²) in [5.41, 5.74) is 0. The van der Waals surface area contributed by atoms with Crippen molar-refractivity contribution in [3.63, 3.8) is 0 Å². The average molecular weight is 372 g/mol. The first kappa shape index (κ1) is 15.0. The maximum absolute atomic E-state index is 10.5. The summed E-state index contributed by atoms with van der Waals surface area (Å²) in [5, 5.41) is 0. The van der Waals surface area contributed by atoms with Gasteiger partial charge in [-0.25, -0.2) is 0 Å². The van der Waals surface area contributed by atoms with E-state index in [1.165, 1.54) is 12.3 Å². The molecule has 0 saturated heterocycles. The van der Waals surface area contributed by atoms with E-state index >= 15 is 0 Å². The topological polar surface area (TPSA) is 69.2 Å². The molecule has 0 atom stereocenters. The summed E-state index contributed by atoms with van der Waals surface area (Å²) in [6.45, 7) is 0. The molecule has 0 amide bonds. The van der Waals surface area contributed by atoms with Gasteiger partial charge < -0.3 is 21.6 Å². The van der Waals surface area contributed by atoms with Gasteiger partial charge in [-0.2, -0.15) is 8.42 Å². The Balaban J connectivity index is 0. The fourth-order valence-electron chi connectivity index (χ4n) is 0.451. The van der Waals surface area contributed by atoms with Crippen LogP contribution in [0.3, 0.4) is 0 Å². The Morgan fingerprint density at radius 2 is 2.15 bits per heavy atom. The monoisotopic (exact) mass is 372 g/mol. The molecule has 0 spiro atoms. The Morgan fingerprint density at radius 1 is 1.54 bits per heavy atom. The fraction of sp³-hybridized carbons (Fsp3) is 0.167. The summed E-state index contributed by atoms with van der Waals surface area (Å²) in [6, 6.07) is 1.33. The van der Waals surface area contributed by atoms with Gasteiger partial charge in [-0.05, 0) is 0 Å². The molecule has 0 unspecified atom stereocenters. The molecule has 1 heterocycles. The van der Waals surface area contributed by atoms with Crippen molar-refractivity contribution in [3.05, 3.63) is 26.0 Å². The van der Waals surface area contributed by atoms with Crippen LogP contribution in [0.2, 0.25) is 0 Å². The zero-order valence-corrected chi connectivity index (χ0v) is 10.8. The molecule has 72 valence electrons. The minimum absolute atomic E-state index is 0. The summed E-state index contributed by atoms with van der Waals surface area (Å²) in [6.07, 6.45) is 4.47. The normalized spacial score (nSPS) is 9.31. The molecule has 7 heteroatoms. The number of hydrogen-bond donors (Lipinski definition) is 0. The Hall–Kier alpha value is -0.482. The van der Waals surface area contributed by atoms with E-state index in [1.807, 2.05) is 0 Å². The van der Waals surface area contributed by atoms with E-state index in [4.69, 9.17) is 0 Å². The fourth-order valence-corrected chi connectivity index (χ4v) is 0.854. The van der Waals surface area contributed by atoms with Crippen LogP contribution in [0.15, 0.2) is 12.3 Å². The maximum atomic E-state index is 10.5. The van der Waals surface area contributed by atoms with Gasteiger partial charge in [0, 0.05) is 6.33 Å². The van der Waals surface area contributed by atoms with Gasteiger partial charge in [-0.1, -0.05) is 12.3 Å². The first-order valence-electron chi connectivity index (χ1n) is 2.66. The van der Waals surface area contributed by atoms with E-state index in [1.54, 1.807) is 0 Å². The van der Waals surface area contributed by atoms with Crippen molar-refractivity contribution in [2.24, 2.45) is 0 Å². The van der Waals surface area contributed by atoms with Crippen LogP contribution in [0.1, 0.15) is 0 Å². The quantitative estimate of drug-likeness (QED) is 0.543. The molecule has 0 fully saturated rings. The first-order valence-corrected chi connectivity index (χ1v) is 4.48. The summed E-state index contributed by atoms with van der Waals surface area (Å²) >= 11 is 0. The third-order valence-electron chi connectivity index (χ3n) is 0.746. The molecule has 0 saturated carbocycles. The Morgan fingerprint density at radius 3 is 2.54 bits per heavy atom. The van der Waals surface area contributed by atoms with E-state index in [0.717, 1.165) is 6.26 Å². The van der Waals surface area contributed by atoms with Crippen molar-refractivity contribution >= 4 is 10.1 Å². The number of nitrogens with zero attached hydrogens (tertiary/aromatic N) is 2. The van der Waals surface area contributed by atoms with Crippen molar-refractivity contribution in [2.45, 2.75) is 0 Å². The van der Waals surface area contributed by atoms with E-state index < -0.39 is 10.1 Å². The van der Waals surface area contributed by atoms with E-state index in [0.29, 0.717) is 0 Å². The van der Waals surface area contributed by atoms with Gasteiger partial charge in [0.2, 0.25) is 0 Å². The van der Waals surface area contributed by atoms with E-state index in [-0.39, 0.29) is 34.4 Å². The van der Waals surface area contributed by atoms with Crippen molar-refractivity contribution in [3.8, 4) is 5.88 Å². The predicted octanol–water partition coefficient (Wildman–Crippen LogP) is 0.0630. The molecule has 0 N–H and O–H groups in total. The molecule has 1 aromatic heterocycles. The molecule has 0 bridgehead atoms. The SMILES string of the molecule is CS(=O)(=O)Oc1ccn[c-]n1.[CH3-].[W+2]. The van der Waals surface area contributed by atoms with Crippen LogP contribution in [0.4, 0.5) is 0 Å². The van der Waals surface area contributed by atoms with Gasteiger partial charge in [0.15, 0.2) is 0 Å². The third kappa shape index (κ3) is 6.66. The molecule has 1 aromatic rings. The standard InChI is InChI=1S/C5H5N2O3S.CH3.W/c1-11(8,9)10-5-2-3-6-4-7-5;;/h2-3H,1H3;1H3;/q2*-1;+2. The zero-order valence-electron chi connectivity index (χ0n) is 7.09. The molecule has 0 aromatic carbocycles. The van der Waals surface area contributed by atoms with Gasteiger partial charge in [0.1, 0.15) is 5.88 Å². The summed E-state index contributed by atoms with van der Waals surface area (Å²) in [5.74, 6) is -0.0255. The van der Waals surface area contributed by atoms with Gasteiger partial charge in [-0.3, -0.25) is 0 Å². The zero-order chi connectivity index (χ0) is 8.32. The summed E-state index contributed by atoms with van der Waals surface area (Å²) in [7, 11) is -3.49. The van der Waals surface area contributed by atoms with Gasteiger partial charge in [-0.15, -0.1) is 0 Å². The van der Waals surface area contributed by atoms with Crippen LogP contribution in [0.5, 0.6) is 5.88 Å². The van der Waals surface area contributed by atoms with E-state index in [9.17, 15) is 8.42 Å². The maximum Gasteiger partial charge on any atom is 2.00 e. The smallest absolute Gasteiger partial charge is 0.427 e. The second-order valence-electron chi connectivity index (χ2n) is 1.78. The van der Waals surface area contributed by atoms with Crippen molar-refractivity contribution < 1.29 is 33.7 Å². The van der Waals surface area contributed by atoms with Crippen LogP contribution in [-0.4, -0.2) is 24.6 Å². The first-order chi connectivity index (χ1) is 5.08. The Kier molecular flexibility index (Phi) is 6.98. The molecular weight excluding hydrogens is 364 g/mol. The second-order valence-corrected chi connectivity index (χ2v) is 3.36. The summed E-state index contributed by atoms with van der Waals surface area (Å²) in [4.78, 5) is 6.89. The van der Waals surface area contributed by atoms with E-state index in [2.05, 4.69) is 20.5 Å². The van der Waals surface area contributed by atoms with Crippen LogP contribution in [0, 0.1) is 13.8 Å². The minimum atomic E-state index is -3.49. The number of rotatable bonds is 2. The second kappa shape index (κ2) is 6.05. The van der Waals surface area contributed by atoms with Crippen LogP contribution in [0.25, 0.3) is 0 Å². The molecule has 5 nitrogen and oxygen atoms in total. The number of aromatic nitrogens is 2. The summed E-state index contributed by atoms with van der Waals surface area (Å²) < 4.78 is 25.4. The Labute approximate surface area is 91.9 Å². The molecule has 1 rings (SSSR count). The third-order valence-corrected chi connectivity index (χ3v) is 1.22. The van der Waals surface area contributed by atoms with Crippen molar-refractivity contribution in [2.75, 3.05) is 6.26 Å². The van der Waals surface area contributed by atoms with Crippen molar-refractivity contribution in [1.29, 1.82) is 0 Å². The van der Waals surface area contributed by atoms with Crippen LogP contribution < -0.4 is 4.18 Å². The average Bonchev–Trinajstić information content (AvgIpc) is 1.85. The molecule has 0 radical (unpaired) electrons. The molecule has 0 aliphatic heterocycles. The number of hydrogen-bond acceptors (Lipinski definition) is 5. The van der Waals surface area contributed by atoms with Gasteiger partial charge in [0.05, 0.1) is 6.26 Å². The predicted molar refractivity (Wildman–Crippen MR) is 42.8 cm³/mol. The van der Waals surface area contributed by atoms with Gasteiger partial charge >= 0.3 is 21.1 Å². The molecule has 0 aliphatic carbocycles. The minimum Gasteiger partial charge on any atom is -0.427 e. The van der Waals surface area contributed by atoms with Gasteiger partial charge in [0.25, 0.3) is 10.1 Å². The van der Waals surface area contributed by atoms with Crippen LogP contribution >= 0.6 is 0 Å². The molecule has 0 aliphatic rings. The molecular formula is C6H8N2O3SW.